The SMILES string of the molecule is COc1cccnc1C(=O)C(C)(C)F. The second-order valence-corrected chi connectivity index (χ2v) is 3.36. The Morgan fingerprint density at radius 3 is 2.71 bits per heavy atom. The smallest absolute Gasteiger partial charge is 0.221 e. The first-order chi connectivity index (χ1) is 6.46. The molecule has 0 aliphatic heterocycles. The Balaban J connectivity index is 3.13. The number of ketones is 1. The van der Waals surface area contributed by atoms with Gasteiger partial charge in [0.15, 0.2) is 11.4 Å². The summed E-state index contributed by atoms with van der Waals surface area (Å²) in [7, 11) is 1.42. The van der Waals surface area contributed by atoms with E-state index in [0.717, 1.165) is 0 Å². The summed E-state index contributed by atoms with van der Waals surface area (Å²) in [6, 6.07) is 3.20. The zero-order valence-electron chi connectivity index (χ0n) is 8.37. The lowest BCUT2D eigenvalue weighted by Crippen LogP contribution is -2.27. The average Bonchev–Trinajstić information content (AvgIpc) is 2.15. The number of ether oxygens (including phenoxy) is 1. The molecule has 1 rings (SSSR count). The van der Waals surface area contributed by atoms with Gasteiger partial charge in [0, 0.05) is 6.20 Å². The number of halogens is 1. The highest BCUT2D eigenvalue weighted by molar-refractivity contribution is 6.02. The Labute approximate surface area is 81.9 Å². The van der Waals surface area contributed by atoms with Gasteiger partial charge in [-0.3, -0.25) is 4.79 Å². The van der Waals surface area contributed by atoms with Gasteiger partial charge in [0.1, 0.15) is 5.75 Å². The average molecular weight is 197 g/mol. The first kappa shape index (κ1) is 10.6. The van der Waals surface area contributed by atoms with Crippen molar-refractivity contribution >= 4 is 5.78 Å². The topological polar surface area (TPSA) is 39.2 Å². The maximum Gasteiger partial charge on any atom is 0.221 e. The maximum absolute atomic E-state index is 13.3. The van der Waals surface area contributed by atoms with Crippen LogP contribution in [-0.2, 0) is 0 Å². The van der Waals surface area contributed by atoms with Crippen molar-refractivity contribution in [2.75, 3.05) is 7.11 Å². The van der Waals surface area contributed by atoms with Crippen molar-refractivity contribution in [3.05, 3.63) is 24.0 Å². The van der Waals surface area contributed by atoms with Crippen LogP contribution >= 0.6 is 0 Å². The van der Waals surface area contributed by atoms with Crippen LogP contribution < -0.4 is 4.74 Å². The van der Waals surface area contributed by atoms with E-state index in [1.807, 2.05) is 0 Å². The highest BCUT2D eigenvalue weighted by Gasteiger charge is 2.31. The standard InChI is InChI=1S/C10H12FNO2/c1-10(2,11)9(13)8-7(14-3)5-4-6-12-8/h4-6H,1-3H3. The lowest BCUT2D eigenvalue weighted by Gasteiger charge is -2.13. The molecule has 0 amide bonds. The lowest BCUT2D eigenvalue weighted by atomic mass is 10.0. The number of methoxy groups -OCH3 is 1. The summed E-state index contributed by atoms with van der Waals surface area (Å²) in [4.78, 5) is 15.3. The van der Waals surface area contributed by atoms with Crippen molar-refractivity contribution in [2.45, 2.75) is 19.5 Å². The number of Topliss-reactive ketones (excluding diaryl/α,β-unsaturated/α-hetero) is 1. The monoisotopic (exact) mass is 197 g/mol. The molecule has 0 aromatic carbocycles. The fourth-order valence-electron chi connectivity index (χ4n) is 1.01. The molecule has 0 fully saturated rings. The fourth-order valence-corrected chi connectivity index (χ4v) is 1.01. The first-order valence-electron chi connectivity index (χ1n) is 4.19. The quantitative estimate of drug-likeness (QED) is 0.696. The second kappa shape index (κ2) is 3.74. The molecule has 76 valence electrons. The van der Waals surface area contributed by atoms with Crippen LogP contribution in [0.25, 0.3) is 0 Å². The highest BCUT2D eigenvalue weighted by Crippen LogP contribution is 2.22. The van der Waals surface area contributed by atoms with Gasteiger partial charge < -0.3 is 4.74 Å². The highest BCUT2D eigenvalue weighted by atomic mass is 19.1. The Hall–Kier alpha value is -1.45. The summed E-state index contributed by atoms with van der Waals surface area (Å²) in [6.07, 6.45) is 1.43. The molecule has 0 spiro atoms. The molecular formula is C10H12FNO2. The Bertz CT molecular complexity index is 344. The molecule has 14 heavy (non-hydrogen) atoms. The number of rotatable bonds is 3. The molecule has 1 aromatic rings. The zero-order valence-corrected chi connectivity index (χ0v) is 8.37. The predicted octanol–water partition coefficient (Wildman–Crippen LogP) is 2.02. The normalized spacial score (nSPS) is 11.1. The molecule has 0 saturated carbocycles. The van der Waals surface area contributed by atoms with Gasteiger partial charge in [-0.25, -0.2) is 9.37 Å². The largest absolute Gasteiger partial charge is 0.494 e. The van der Waals surface area contributed by atoms with Crippen molar-refractivity contribution in [3.63, 3.8) is 0 Å². The zero-order chi connectivity index (χ0) is 10.8. The number of aromatic nitrogens is 1. The van der Waals surface area contributed by atoms with E-state index in [1.54, 1.807) is 12.1 Å². The molecule has 0 unspecified atom stereocenters. The minimum Gasteiger partial charge on any atom is -0.494 e. The van der Waals surface area contributed by atoms with Gasteiger partial charge in [0.2, 0.25) is 5.78 Å². The third-order valence-electron chi connectivity index (χ3n) is 1.75. The van der Waals surface area contributed by atoms with Crippen molar-refractivity contribution < 1.29 is 13.9 Å². The Morgan fingerprint density at radius 1 is 1.57 bits per heavy atom. The van der Waals surface area contributed by atoms with Crippen LogP contribution in [0.2, 0.25) is 0 Å². The molecule has 1 heterocycles. The first-order valence-corrected chi connectivity index (χ1v) is 4.19. The number of hydrogen-bond acceptors (Lipinski definition) is 3. The van der Waals surface area contributed by atoms with Gasteiger partial charge in [-0.05, 0) is 26.0 Å². The van der Waals surface area contributed by atoms with Crippen LogP contribution in [0.15, 0.2) is 18.3 Å². The maximum atomic E-state index is 13.3. The van der Waals surface area contributed by atoms with Gasteiger partial charge >= 0.3 is 0 Å². The van der Waals surface area contributed by atoms with Gasteiger partial charge in [0.25, 0.3) is 0 Å². The summed E-state index contributed by atoms with van der Waals surface area (Å²) in [6.45, 7) is 2.40. The number of carbonyl (C=O) groups is 1. The van der Waals surface area contributed by atoms with E-state index in [-0.39, 0.29) is 5.69 Å². The van der Waals surface area contributed by atoms with E-state index in [4.69, 9.17) is 4.74 Å². The van der Waals surface area contributed by atoms with Crippen molar-refractivity contribution in [1.29, 1.82) is 0 Å². The van der Waals surface area contributed by atoms with Gasteiger partial charge in [-0.15, -0.1) is 0 Å². The Morgan fingerprint density at radius 2 is 2.21 bits per heavy atom. The molecule has 1 aromatic heterocycles. The number of alkyl halides is 1. The summed E-state index contributed by atoms with van der Waals surface area (Å²) in [5.41, 5.74) is -1.90. The minimum absolute atomic E-state index is 0.0301. The molecule has 0 saturated heterocycles. The molecule has 0 aliphatic carbocycles. The number of hydrogen-bond donors (Lipinski definition) is 0. The van der Waals surface area contributed by atoms with Gasteiger partial charge in [-0.2, -0.15) is 0 Å². The number of nitrogens with zero attached hydrogens (tertiary/aromatic N) is 1. The molecule has 0 bridgehead atoms. The second-order valence-electron chi connectivity index (χ2n) is 3.36. The van der Waals surface area contributed by atoms with Crippen molar-refractivity contribution in [1.82, 2.24) is 4.98 Å². The lowest BCUT2D eigenvalue weighted by molar-refractivity contribution is 0.0751. The molecule has 0 N–H and O–H groups in total. The van der Waals surface area contributed by atoms with E-state index in [1.165, 1.54) is 27.2 Å². The third kappa shape index (κ3) is 2.07. The van der Waals surface area contributed by atoms with Gasteiger partial charge in [-0.1, -0.05) is 0 Å². The summed E-state index contributed by atoms with van der Waals surface area (Å²) in [5, 5.41) is 0. The summed E-state index contributed by atoms with van der Waals surface area (Å²) >= 11 is 0. The molecule has 0 aliphatic rings. The van der Waals surface area contributed by atoms with E-state index in [9.17, 15) is 9.18 Å². The van der Waals surface area contributed by atoms with Crippen LogP contribution in [0.3, 0.4) is 0 Å². The van der Waals surface area contributed by atoms with E-state index >= 15 is 0 Å². The van der Waals surface area contributed by atoms with E-state index in [0.29, 0.717) is 5.75 Å². The van der Waals surface area contributed by atoms with Crippen LogP contribution in [0.5, 0.6) is 5.75 Å². The molecular weight excluding hydrogens is 185 g/mol. The molecule has 4 heteroatoms. The van der Waals surface area contributed by atoms with E-state index in [2.05, 4.69) is 4.98 Å². The van der Waals surface area contributed by atoms with Crippen molar-refractivity contribution in [3.8, 4) is 5.75 Å². The summed E-state index contributed by atoms with van der Waals surface area (Å²) in [5.74, 6) is -0.377. The van der Waals surface area contributed by atoms with Crippen LogP contribution in [0.4, 0.5) is 4.39 Å². The molecule has 3 nitrogen and oxygen atoms in total. The van der Waals surface area contributed by atoms with Crippen molar-refractivity contribution in [2.24, 2.45) is 0 Å². The Kier molecular flexibility index (Phi) is 2.84. The van der Waals surface area contributed by atoms with E-state index < -0.39 is 11.5 Å². The number of carbonyl (C=O) groups excluding carboxylic acids is 1. The third-order valence-corrected chi connectivity index (χ3v) is 1.75. The number of pyridine rings is 1. The molecule has 0 atom stereocenters. The van der Waals surface area contributed by atoms with Crippen LogP contribution in [0.1, 0.15) is 24.3 Å². The fraction of sp³-hybridized carbons (Fsp3) is 0.400. The predicted molar refractivity (Wildman–Crippen MR) is 50.3 cm³/mol. The van der Waals surface area contributed by atoms with Gasteiger partial charge in [0.05, 0.1) is 7.11 Å². The van der Waals surface area contributed by atoms with Crippen LogP contribution in [0, 0.1) is 0 Å². The minimum atomic E-state index is -1.93. The van der Waals surface area contributed by atoms with Crippen LogP contribution in [-0.4, -0.2) is 23.5 Å². The molecule has 0 radical (unpaired) electrons. The summed E-state index contributed by atoms with van der Waals surface area (Å²) < 4.78 is 18.3.